The van der Waals surface area contributed by atoms with Crippen molar-refractivity contribution in [3.05, 3.63) is 53.1 Å². The van der Waals surface area contributed by atoms with E-state index in [2.05, 4.69) is 10.3 Å². The minimum atomic E-state index is -0.119. The molecule has 0 aliphatic rings. The molecule has 2 rings (SSSR count). The van der Waals surface area contributed by atoms with E-state index in [1.807, 2.05) is 17.8 Å². The van der Waals surface area contributed by atoms with E-state index in [-0.39, 0.29) is 5.91 Å². The molecule has 4 nitrogen and oxygen atoms in total. The number of carbonyl (C=O) groups is 1. The fraction of sp³-hybridized carbons (Fsp3) is 0.231. The van der Waals surface area contributed by atoms with Crippen molar-refractivity contribution in [3.8, 4) is 0 Å². The van der Waals surface area contributed by atoms with Crippen LogP contribution in [0.25, 0.3) is 0 Å². The second kappa shape index (κ2) is 5.69. The van der Waals surface area contributed by atoms with Crippen molar-refractivity contribution in [2.24, 2.45) is 7.05 Å². The molecule has 0 aliphatic heterocycles. The molecule has 1 aromatic heterocycles. The molecule has 1 heterocycles. The highest BCUT2D eigenvalue weighted by molar-refractivity contribution is 6.30. The number of nitrogens with one attached hydrogen (secondary N) is 1. The number of imidazole rings is 1. The lowest BCUT2D eigenvalue weighted by molar-refractivity contribution is 0.0954. The van der Waals surface area contributed by atoms with Crippen molar-refractivity contribution < 1.29 is 4.79 Å². The molecular weight excluding hydrogens is 250 g/mol. The largest absolute Gasteiger partial charge is 0.352 e. The lowest BCUT2D eigenvalue weighted by Crippen LogP contribution is -2.26. The molecule has 0 saturated carbocycles. The normalized spacial score (nSPS) is 10.3. The number of rotatable bonds is 4. The third kappa shape index (κ3) is 3.11. The summed E-state index contributed by atoms with van der Waals surface area (Å²) in [7, 11) is 1.93. The Morgan fingerprint density at radius 3 is 3.00 bits per heavy atom. The van der Waals surface area contributed by atoms with Crippen molar-refractivity contribution in [1.82, 2.24) is 14.9 Å². The van der Waals surface area contributed by atoms with E-state index in [9.17, 15) is 4.79 Å². The van der Waals surface area contributed by atoms with Gasteiger partial charge in [-0.15, -0.1) is 0 Å². The Balaban J connectivity index is 1.87. The van der Waals surface area contributed by atoms with E-state index >= 15 is 0 Å². The smallest absolute Gasteiger partial charge is 0.251 e. The molecular formula is C13H14ClN3O. The molecule has 0 radical (unpaired) electrons. The highest BCUT2D eigenvalue weighted by Crippen LogP contribution is 2.10. The maximum Gasteiger partial charge on any atom is 0.251 e. The van der Waals surface area contributed by atoms with Gasteiger partial charge in [0.25, 0.3) is 5.91 Å². The minimum Gasteiger partial charge on any atom is -0.352 e. The molecule has 1 aromatic carbocycles. The number of halogens is 1. The Kier molecular flexibility index (Phi) is 3.99. The number of amides is 1. The Morgan fingerprint density at radius 2 is 2.33 bits per heavy atom. The van der Waals surface area contributed by atoms with Crippen LogP contribution in [0.15, 0.2) is 36.7 Å². The molecule has 0 atom stereocenters. The lowest BCUT2D eigenvalue weighted by Gasteiger charge is -2.05. The van der Waals surface area contributed by atoms with Gasteiger partial charge in [-0.25, -0.2) is 4.98 Å². The van der Waals surface area contributed by atoms with E-state index in [1.54, 1.807) is 30.5 Å². The van der Waals surface area contributed by atoms with Gasteiger partial charge in [-0.1, -0.05) is 17.7 Å². The Morgan fingerprint density at radius 1 is 1.50 bits per heavy atom. The van der Waals surface area contributed by atoms with Crippen molar-refractivity contribution in [2.75, 3.05) is 6.54 Å². The maximum absolute atomic E-state index is 11.8. The summed E-state index contributed by atoms with van der Waals surface area (Å²) in [5, 5.41) is 3.40. The Bertz CT molecular complexity index is 551. The van der Waals surface area contributed by atoms with Crippen LogP contribution < -0.4 is 5.32 Å². The zero-order valence-corrected chi connectivity index (χ0v) is 10.8. The average Bonchev–Trinajstić information content (AvgIpc) is 2.75. The van der Waals surface area contributed by atoms with Crippen LogP contribution in [0.1, 0.15) is 16.2 Å². The van der Waals surface area contributed by atoms with E-state index in [1.165, 1.54) is 0 Å². The predicted molar refractivity (Wildman–Crippen MR) is 70.7 cm³/mol. The van der Waals surface area contributed by atoms with Gasteiger partial charge < -0.3 is 9.88 Å². The SMILES string of the molecule is Cn1ccnc1CCNC(=O)c1cccc(Cl)c1. The molecule has 5 heteroatoms. The fourth-order valence-corrected chi connectivity index (χ4v) is 1.85. The summed E-state index contributed by atoms with van der Waals surface area (Å²) in [6.07, 6.45) is 4.33. The number of benzene rings is 1. The third-order valence-corrected chi connectivity index (χ3v) is 2.88. The van der Waals surface area contributed by atoms with Gasteiger partial charge >= 0.3 is 0 Å². The molecule has 2 aromatic rings. The number of aryl methyl sites for hydroxylation is 1. The van der Waals surface area contributed by atoms with Crippen LogP contribution in [0, 0.1) is 0 Å². The highest BCUT2D eigenvalue weighted by Gasteiger charge is 2.06. The monoisotopic (exact) mass is 263 g/mol. The van der Waals surface area contributed by atoms with Gasteiger partial charge in [-0.2, -0.15) is 0 Å². The Hall–Kier alpha value is -1.81. The predicted octanol–water partition coefficient (Wildman–Crippen LogP) is 2.05. The molecule has 0 unspecified atom stereocenters. The molecule has 1 N–H and O–H groups in total. The quantitative estimate of drug-likeness (QED) is 0.918. The molecule has 94 valence electrons. The number of nitrogens with zero attached hydrogens (tertiary/aromatic N) is 2. The molecule has 0 spiro atoms. The molecule has 0 saturated heterocycles. The second-order valence-corrected chi connectivity index (χ2v) is 4.41. The Labute approximate surface area is 111 Å². The third-order valence-electron chi connectivity index (χ3n) is 2.64. The summed E-state index contributed by atoms with van der Waals surface area (Å²) in [6, 6.07) is 6.89. The summed E-state index contributed by atoms with van der Waals surface area (Å²) in [5.41, 5.74) is 0.572. The van der Waals surface area contributed by atoms with Gasteiger partial charge in [0.05, 0.1) is 0 Å². The maximum atomic E-state index is 11.8. The van der Waals surface area contributed by atoms with Crippen LogP contribution in [0.3, 0.4) is 0 Å². The first-order valence-electron chi connectivity index (χ1n) is 5.67. The topological polar surface area (TPSA) is 46.9 Å². The average molecular weight is 264 g/mol. The first-order chi connectivity index (χ1) is 8.66. The van der Waals surface area contributed by atoms with Crippen LogP contribution in [0.4, 0.5) is 0 Å². The fourth-order valence-electron chi connectivity index (χ4n) is 1.66. The van der Waals surface area contributed by atoms with Gasteiger partial charge in [0, 0.05) is 43.0 Å². The van der Waals surface area contributed by atoms with E-state index < -0.39 is 0 Å². The zero-order valence-electron chi connectivity index (χ0n) is 10.1. The van der Waals surface area contributed by atoms with Crippen LogP contribution in [-0.2, 0) is 13.5 Å². The van der Waals surface area contributed by atoms with Gasteiger partial charge in [0.1, 0.15) is 5.82 Å². The van der Waals surface area contributed by atoms with E-state index in [0.29, 0.717) is 23.6 Å². The molecule has 0 bridgehead atoms. The lowest BCUT2D eigenvalue weighted by atomic mass is 10.2. The van der Waals surface area contributed by atoms with Crippen LogP contribution in [-0.4, -0.2) is 22.0 Å². The number of hydrogen-bond acceptors (Lipinski definition) is 2. The summed E-state index contributed by atoms with van der Waals surface area (Å²) in [4.78, 5) is 16.0. The van der Waals surface area contributed by atoms with Crippen molar-refractivity contribution in [3.63, 3.8) is 0 Å². The highest BCUT2D eigenvalue weighted by atomic mass is 35.5. The van der Waals surface area contributed by atoms with E-state index in [4.69, 9.17) is 11.6 Å². The van der Waals surface area contributed by atoms with Crippen LogP contribution >= 0.6 is 11.6 Å². The number of aromatic nitrogens is 2. The van der Waals surface area contributed by atoms with Crippen molar-refractivity contribution >= 4 is 17.5 Å². The van der Waals surface area contributed by atoms with Crippen molar-refractivity contribution in [2.45, 2.75) is 6.42 Å². The summed E-state index contributed by atoms with van der Waals surface area (Å²) in [6.45, 7) is 0.552. The molecule has 18 heavy (non-hydrogen) atoms. The van der Waals surface area contributed by atoms with Crippen LogP contribution in [0.5, 0.6) is 0 Å². The molecule has 0 aliphatic carbocycles. The number of carbonyl (C=O) groups excluding carboxylic acids is 1. The van der Waals surface area contributed by atoms with E-state index in [0.717, 1.165) is 5.82 Å². The summed E-state index contributed by atoms with van der Waals surface area (Å²) in [5.74, 6) is 0.827. The summed E-state index contributed by atoms with van der Waals surface area (Å²) < 4.78 is 1.94. The standard InChI is InChI=1S/C13H14ClN3O/c1-17-8-7-15-12(17)5-6-16-13(18)10-3-2-4-11(14)9-10/h2-4,7-9H,5-6H2,1H3,(H,16,18). The van der Waals surface area contributed by atoms with Gasteiger partial charge in [-0.3, -0.25) is 4.79 Å². The van der Waals surface area contributed by atoms with Gasteiger partial charge in [-0.05, 0) is 18.2 Å². The number of hydrogen-bond donors (Lipinski definition) is 1. The molecule has 1 amide bonds. The summed E-state index contributed by atoms with van der Waals surface area (Å²) >= 11 is 5.83. The molecule has 0 fully saturated rings. The van der Waals surface area contributed by atoms with Gasteiger partial charge in [0.2, 0.25) is 0 Å². The van der Waals surface area contributed by atoms with Crippen LogP contribution in [0.2, 0.25) is 5.02 Å². The zero-order chi connectivity index (χ0) is 13.0. The van der Waals surface area contributed by atoms with Crippen molar-refractivity contribution in [1.29, 1.82) is 0 Å². The first-order valence-corrected chi connectivity index (χ1v) is 6.04. The minimum absolute atomic E-state index is 0.119. The first kappa shape index (κ1) is 12.6. The van der Waals surface area contributed by atoms with Gasteiger partial charge in [0.15, 0.2) is 0 Å². The second-order valence-electron chi connectivity index (χ2n) is 3.97.